The number of benzene rings is 2. The van der Waals surface area contributed by atoms with Crippen molar-refractivity contribution in [3.05, 3.63) is 78.6 Å². The summed E-state index contributed by atoms with van der Waals surface area (Å²) in [5, 5.41) is 4.67. The number of para-hydroxylation sites is 2. The summed E-state index contributed by atoms with van der Waals surface area (Å²) in [4.78, 5) is 16.4. The molecule has 4 aromatic rings. The lowest BCUT2D eigenvalue weighted by Crippen LogP contribution is -2.31. The van der Waals surface area contributed by atoms with Gasteiger partial charge >= 0.3 is 0 Å². The monoisotopic (exact) mass is 425 g/mol. The van der Waals surface area contributed by atoms with Crippen molar-refractivity contribution in [3.8, 4) is 17.1 Å². The van der Waals surface area contributed by atoms with Gasteiger partial charge in [0.1, 0.15) is 11.6 Å². The summed E-state index contributed by atoms with van der Waals surface area (Å²) < 4.78 is 5.70. The lowest BCUT2D eigenvalue weighted by molar-refractivity contribution is 0.249. The van der Waals surface area contributed by atoms with Gasteiger partial charge in [0.25, 0.3) is 0 Å². The van der Waals surface area contributed by atoms with Gasteiger partial charge in [-0.15, -0.1) is 0 Å². The van der Waals surface area contributed by atoms with E-state index in [9.17, 15) is 0 Å². The standard InChI is InChI=1S/C26H27N5O/c1-32-24-13-5-3-11-21(24)23(31-15-6-7-16-31)18-28-26-20-10-2-4-12-22(20)29-25(30-26)19-9-8-14-27-17-19/h2-5,8-14,17,23H,6-7,15-16,18H2,1H3,(H,28,29,30). The van der Waals surface area contributed by atoms with Crippen LogP contribution in [-0.2, 0) is 0 Å². The zero-order valence-electron chi connectivity index (χ0n) is 18.2. The van der Waals surface area contributed by atoms with Crippen LogP contribution in [0.3, 0.4) is 0 Å². The molecule has 6 nitrogen and oxygen atoms in total. The predicted octanol–water partition coefficient (Wildman–Crippen LogP) is 4.95. The molecule has 3 heterocycles. The fraction of sp³-hybridized carbons (Fsp3) is 0.269. The van der Waals surface area contributed by atoms with E-state index in [4.69, 9.17) is 14.7 Å². The van der Waals surface area contributed by atoms with Crippen molar-refractivity contribution in [2.24, 2.45) is 0 Å². The third-order valence-electron chi connectivity index (χ3n) is 6.07. The molecular weight excluding hydrogens is 398 g/mol. The van der Waals surface area contributed by atoms with Gasteiger partial charge in [-0.3, -0.25) is 9.88 Å². The zero-order chi connectivity index (χ0) is 21.8. The summed E-state index contributed by atoms with van der Waals surface area (Å²) in [6, 6.07) is 20.5. The maximum atomic E-state index is 5.70. The van der Waals surface area contributed by atoms with Crippen molar-refractivity contribution in [3.63, 3.8) is 0 Å². The van der Waals surface area contributed by atoms with E-state index in [1.807, 2.05) is 42.5 Å². The Hall–Kier alpha value is -3.51. The molecule has 0 bridgehead atoms. The average Bonchev–Trinajstić information content (AvgIpc) is 3.39. The van der Waals surface area contributed by atoms with Crippen LogP contribution in [0, 0.1) is 0 Å². The van der Waals surface area contributed by atoms with Gasteiger partial charge in [0.15, 0.2) is 5.82 Å². The lowest BCUT2D eigenvalue weighted by Gasteiger charge is -2.29. The molecule has 6 heteroatoms. The van der Waals surface area contributed by atoms with Crippen molar-refractivity contribution in [2.45, 2.75) is 18.9 Å². The van der Waals surface area contributed by atoms with Crippen molar-refractivity contribution < 1.29 is 4.74 Å². The van der Waals surface area contributed by atoms with Crippen LogP contribution in [0.2, 0.25) is 0 Å². The zero-order valence-corrected chi connectivity index (χ0v) is 18.2. The third kappa shape index (κ3) is 4.14. The summed E-state index contributed by atoms with van der Waals surface area (Å²) in [7, 11) is 1.74. The van der Waals surface area contributed by atoms with Gasteiger partial charge in [-0.1, -0.05) is 30.3 Å². The van der Waals surface area contributed by atoms with Gasteiger partial charge < -0.3 is 10.1 Å². The molecule has 1 saturated heterocycles. The van der Waals surface area contributed by atoms with E-state index in [1.165, 1.54) is 18.4 Å². The second-order valence-electron chi connectivity index (χ2n) is 8.04. The molecule has 1 fully saturated rings. The normalized spacial score (nSPS) is 15.0. The maximum Gasteiger partial charge on any atom is 0.163 e. The highest BCUT2D eigenvalue weighted by Crippen LogP contribution is 2.33. The number of hydrogen-bond acceptors (Lipinski definition) is 6. The molecule has 0 amide bonds. The van der Waals surface area contributed by atoms with Gasteiger partial charge in [-0.05, 0) is 56.3 Å². The molecule has 5 rings (SSSR count). The molecule has 2 aromatic heterocycles. The average molecular weight is 426 g/mol. The van der Waals surface area contributed by atoms with E-state index in [-0.39, 0.29) is 6.04 Å². The van der Waals surface area contributed by atoms with Crippen molar-refractivity contribution in [1.29, 1.82) is 0 Å². The molecular formula is C26H27N5O. The van der Waals surface area contributed by atoms with Crippen LogP contribution >= 0.6 is 0 Å². The predicted molar refractivity (Wildman–Crippen MR) is 128 cm³/mol. The summed E-state index contributed by atoms with van der Waals surface area (Å²) in [6.45, 7) is 2.92. The van der Waals surface area contributed by atoms with Gasteiger partial charge in [0.05, 0.1) is 18.7 Å². The molecule has 162 valence electrons. The Labute approximate surface area is 188 Å². The molecule has 1 N–H and O–H groups in total. The molecule has 1 unspecified atom stereocenters. The number of anilines is 1. The number of aromatic nitrogens is 3. The van der Waals surface area contributed by atoms with E-state index < -0.39 is 0 Å². The van der Waals surface area contributed by atoms with Gasteiger partial charge in [-0.25, -0.2) is 9.97 Å². The summed E-state index contributed by atoms with van der Waals surface area (Å²) in [6.07, 6.45) is 6.02. The van der Waals surface area contributed by atoms with Gasteiger partial charge in [-0.2, -0.15) is 0 Å². The Bertz CT molecular complexity index is 1190. The summed E-state index contributed by atoms with van der Waals surface area (Å²) >= 11 is 0. The molecule has 1 aliphatic rings. The van der Waals surface area contributed by atoms with E-state index in [2.05, 4.69) is 33.4 Å². The largest absolute Gasteiger partial charge is 0.496 e. The van der Waals surface area contributed by atoms with E-state index in [0.29, 0.717) is 5.82 Å². The van der Waals surface area contributed by atoms with Crippen molar-refractivity contribution in [2.75, 3.05) is 32.1 Å². The number of hydrogen-bond donors (Lipinski definition) is 1. The number of rotatable bonds is 7. The fourth-order valence-electron chi connectivity index (χ4n) is 4.46. The van der Waals surface area contributed by atoms with Gasteiger partial charge in [0, 0.05) is 35.5 Å². The summed E-state index contributed by atoms with van der Waals surface area (Å²) in [5.74, 6) is 2.44. The molecule has 0 saturated carbocycles. The van der Waals surface area contributed by atoms with E-state index in [0.717, 1.165) is 47.7 Å². The Morgan fingerprint density at radius 1 is 0.969 bits per heavy atom. The van der Waals surface area contributed by atoms with Crippen molar-refractivity contribution in [1.82, 2.24) is 19.9 Å². The Kier molecular flexibility index (Phi) is 5.94. The highest BCUT2D eigenvalue weighted by atomic mass is 16.5. The fourth-order valence-corrected chi connectivity index (χ4v) is 4.46. The van der Waals surface area contributed by atoms with Crippen LogP contribution in [0.5, 0.6) is 5.75 Å². The first-order valence-corrected chi connectivity index (χ1v) is 11.1. The van der Waals surface area contributed by atoms with Crippen LogP contribution in [0.25, 0.3) is 22.3 Å². The highest BCUT2D eigenvalue weighted by molar-refractivity contribution is 5.90. The number of pyridine rings is 1. The first kappa shape index (κ1) is 20.4. The van der Waals surface area contributed by atoms with Gasteiger partial charge in [0.2, 0.25) is 0 Å². The van der Waals surface area contributed by atoms with E-state index in [1.54, 1.807) is 19.5 Å². The Morgan fingerprint density at radius 3 is 2.59 bits per heavy atom. The van der Waals surface area contributed by atoms with Crippen LogP contribution in [-0.4, -0.2) is 46.6 Å². The Morgan fingerprint density at radius 2 is 1.78 bits per heavy atom. The minimum Gasteiger partial charge on any atom is -0.496 e. The van der Waals surface area contributed by atoms with E-state index >= 15 is 0 Å². The molecule has 1 aliphatic heterocycles. The Balaban J connectivity index is 1.51. The minimum absolute atomic E-state index is 0.198. The van der Waals surface area contributed by atoms with Crippen LogP contribution in [0.15, 0.2) is 73.1 Å². The quantitative estimate of drug-likeness (QED) is 0.452. The summed E-state index contributed by atoms with van der Waals surface area (Å²) in [5.41, 5.74) is 3.02. The van der Waals surface area contributed by atoms with Crippen LogP contribution in [0.1, 0.15) is 24.4 Å². The van der Waals surface area contributed by atoms with Crippen LogP contribution < -0.4 is 10.1 Å². The topological polar surface area (TPSA) is 63.2 Å². The molecule has 32 heavy (non-hydrogen) atoms. The third-order valence-corrected chi connectivity index (χ3v) is 6.07. The number of nitrogens with zero attached hydrogens (tertiary/aromatic N) is 4. The number of fused-ring (bicyclic) bond motifs is 1. The molecule has 0 aliphatic carbocycles. The number of methoxy groups -OCH3 is 1. The second kappa shape index (κ2) is 9.32. The number of ether oxygens (including phenoxy) is 1. The number of likely N-dealkylation sites (tertiary alicyclic amines) is 1. The molecule has 2 aromatic carbocycles. The maximum absolute atomic E-state index is 5.70. The first-order chi connectivity index (χ1) is 15.8. The second-order valence-corrected chi connectivity index (χ2v) is 8.04. The molecule has 1 atom stereocenters. The molecule has 0 spiro atoms. The van der Waals surface area contributed by atoms with Crippen LogP contribution in [0.4, 0.5) is 5.82 Å². The first-order valence-electron chi connectivity index (χ1n) is 11.1. The SMILES string of the molecule is COc1ccccc1C(CNc1nc(-c2cccnc2)nc2ccccc12)N1CCCC1. The lowest BCUT2D eigenvalue weighted by atomic mass is 10.0. The van der Waals surface area contributed by atoms with Crippen molar-refractivity contribution >= 4 is 16.7 Å². The number of nitrogens with one attached hydrogen (secondary N) is 1. The minimum atomic E-state index is 0.198. The molecule has 0 radical (unpaired) electrons. The smallest absolute Gasteiger partial charge is 0.163 e. The highest BCUT2D eigenvalue weighted by Gasteiger charge is 2.26.